The zero-order valence-electron chi connectivity index (χ0n) is 17.2. The molecule has 0 atom stereocenters. The van der Waals surface area contributed by atoms with E-state index in [4.69, 9.17) is 16.6 Å². The number of hydrogen-bond donors (Lipinski definition) is 2. The molecule has 2 saturated heterocycles. The van der Waals surface area contributed by atoms with E-state index < -0.39 is 5.82 Å². The lowest BCUT2D eigenvalue weighted by atomic mass is 10.0. The van der Waals surface area contributed by atoms with Crippen LogP contribution in [0.3, 0.4) is 0 Å². The summed E-state index contributed by atoms with van der Waals surface area (Å²) in [5.41, 5.74) is 2.08. The van der Waals surface area contributed by atoms with Crippen LogP contribution < -0.4 is 15.5 Å². The van der Waals surface area contributed by atoms with Gasteiger partial charge in [0.05, 0.1) is 10.5 Å². The maximum Gasteiger partial charge on any atom is 0.160 e. The summed E-state index contributed by atoms with van der Waals surface area (Å²) in [6.07, 6.45) is 3.96. The number of benzene rings is 1. The molecule has 0 spiro atoms. The summed E-state index contributed by atoms with van der Waals surface area (Å²) in [6, 6.07) is 9.18. The minimum absolute atomic E-state index is 0.0589. The maximum absolute atomic E-state index is 13.5. The van der Waals surface area contributed by atoms with Gasteiger partial charge in [0.25, 0.3) is 0 Å². The number of anilines is 3. The molecule has 162 valence electrons. The van der Waals surface area contributed by atoms with Crippen LogP contribution in [-0.2, 0) is 0 Å². The van der Waals surface area contributed by atoms with E-state index in [0.717, 1.165) is 50.6 Å². The van der Waals surface area contributed by atoms with Crippen molar-refractivity contribution in [3.05, 3.63) is 47.5 Å². The molecule has 5 rings (SSSR count). The fourth-order valence-electron chi connectivity index (χ4n) is 4.40. The van der Waals surface area contributed by atoms with E-state index in [1.807, 2.05) is 12.1 Å². The molecule has 1 aromatic carbocycles. The molecule has 0 amide bonds. The summed E-state index contributed by atoms with van der Waals surface area (Å²) in [5, 5.41) is 6.70. The average molecular weight is 442 g/mol. The molecule has 3 aromatic rings. The SMILES string of the molecule is Fc1ccc(Nc2ncnc3ccc(N4CCN(C5CCNCC5)CC4)nc23)cc1Cl. The van der Waals surface area contributed by atoms with Gasteiger partial charge in [-0.1, -0.05) is 11.6 Å². The van der Waals surface area contributed by atoms with E-state index in [2.05, 4.69) is 30.4 Å². The third kappa shape index (κ3) is 4.42. The summed E-state index contributed by atoms with van der Waals surface area (Å²) >= 11 is 5.92. The first kappa shape index (κ1) is 20.4. The fourth-order valence-corrected chi connectivity index (χ4v) is 4.58. The molecule has 2 fully saturated rings. The molecular formula is C22H25ClFN7. The molecule has 0 aliphatic carbocycles. The van der Waals surface area contributed by atoms with E-state index >= 15 is 0 Å². The second kappa shape index (κ2) is 8.90. The van der Waals surface area contributed by atoms with Crippen molar-refractivity contribution >= 4 is 40.0 Å². The van der Waals surface area contributed by atoms with Crippen LogP contribution in [0, 0.1) is 5.82 Å². The monoisotopic (exact) mass is 441 g/mol. The van der Waals surface area contributed by atoms with Gasteiger partial charge in [0.2, 0.25) is 0 Å². The number of fused-ring (bicyclic) bond motifs is 1. The van der Waals surface area contributed by atoms with Gasteiger partial charge in [0.15, 0.2) is 5.82 Å². The highest BCUT2D eigenvalue weighted by atomic mass is 35.5. The summed E-state index contributed by atoms with van der Waals surface area (Å²) < 4.78 is 13.5. The van der Waals surface area contributed by atoms with Crippen molar-refractivity contribution in [2.45, 2.75) is 18.9 Å². The van der Waals surface area contributed by atoms with Crippen molar-refractivity contribution in [1.29, 1.82) is 0 Å². The molecule has 7 nitrogen and oxygen atoms in total. The van der Waals surface area contributed by atoms with Crippen molar-refractivity contribution in [3.8, 4) is 0 Å². The molecule has 2 aliphatic rings. The van der Waals surface area contributed by atoms with E-state index in [9.17, 15) is 4.39 Å². The van der Waals surface area contributed by atoms with Crippen LogP contribution in [0.4, 0.5) is 21.7 Å². The van der Waals surface area contributed by atoms with E-state index in [1.165, 1.54) is 31.3 Å². The largest absolute Gasteiger partial charge is 0.354 e. The molecule has 2 N–H and O–H groups in total. The summed E-state index contributed by atoms with van der Waals surface area (Å²) in [4.78, 5) is 18.5. The Morgan fingerprint density at radius 2 is 1.84 bits per heavy atom. The van der Waals surface area contributed by atoms with Crippen LogP contribution in [0.25, 0.3) is 11.0 Å². The number of rotatable bonds is 4. The van der Waals surface area contributed by atoms with E-state index in [1.54, 1.807) is 6.07 Å². The van der Waals surface area contributed by atoms with Gasteiger partial charge in [-0.05, 0) is 56.3 Å². The van der Waals surface area contributed by atoms with Crippen LogP contribution in [0.1, 0.15) is 12.8 Å². The zero-order chi connectivity index (χ0) is 21.2. The van der Waals surface area contributed by atoms with Crippen LogP contribution in [0.5, 0.6) is 0 Å². The van der Waals surface area contributed by atoms with Crippen molar-refractivity contribution in [2.75, 3.05) is 49.5 Å². The molecule has 0 radical (unpaired) electrons. The Kier molecular flexibility index (Phi) is 5.85. The topological polar surface area (TPSA) is 69.2 Å². The predicted molar refractivity (Wildman–Crippen MR) is 122 cm³/mol. The molecule has 4 heterocycles. The molecule has 9 heteroatoms. The first-order chi connectivity index (χ1) is 15.2. The van der Waals surface area contributed by atoms with Crippen LogP contribution in [-0.4, -0.2) is 65.2 Å². The normalized spacial score (nSPS) is 18.5. The number of nitrogens with zero attached hydrogens (tertiary/aromatic N) is 5. The minimum atomic E-state index is -0.455. The van der Waals surface area contributed by atoms with Crippen LogP contribution in [0.2, 0.25) is 5.02 Å². The van der Waals surface area contributed by atoms with Crippen LogP contribution in [0.15, 0.2) is 36.7 Å². The molecule has 2 aliphatic heterocycles. The number of aromatic nitrogens is 3. The van der Waals surface area contributed by atoms with Crippen LogP contribution >= 0.6 is 11.6 Å². The molecular weight excluding hydrogens is 417 g/mol. The molecule has 2 aromatic heterocycles. The van der Waals surface area contributed by atoms with Gasteiger partial charge >= 0.3 is 0 Å². The van der Waals surface area contributed by atoms with Crippen molar-refractivity contribution in [2.24, 2.45) is 0 Å². The van der Waals surface area contributed by atoms with Crippen molar-refractivity contribution < 1.29 is 4.39 Å². The van der Waals surface area contributed by atoms with Gasteiger partial charge < -0.3 is 15.5 Å². The molecule has 31 heavy (non-hydrogen) atoms. The highest BCUT2D eigenvalue weighted by molar-refractivity contribution is 6.31. The first-order valence-electron chi connectivity index (χ1n) is 10.7. The lowest BCUT2D eigenvalue weighted by molar-refractivity contribution is 0.153. The summed E-state index contributed by atoms with van der Waals surface area (Å²) in [5.74, 6) is 1.04. The van der Waals surface area contributed by atoms with E-state index in [-0.39, 0.29) is 5.02 Å². The van der Waals surface area contributed by atoms with E-state index in [0.29, 0.717) is 23.1 Å². The number of pyridine rings is 1. The Bertz CT molecular complexity index is 1060. The molecule has 0 unspecified atom stereocenters. The summed E-state index contributed by atoms with van der Waals surface area (Å²) in [6.45, 7) is 6.24. The van der Waals surface area contributed by atoms with Crippen molar-refractivity contribution in [1.82, 2.24) is 25.2 Å². The number of piperidine rings is 1. The zero-order valence-corrected chi connectivity index (χ0v) is 17.9. The number of hydrogen-bond acceptors (Lipinski definition) is 7. The Balaban J connectivity index is 1.34. The third-order valence-corrected chi connectivity index (χ3v) is 6.40. The predicted octanol–water partition coefficient (Wildman–Crippen LogP) is 3.43. The third-order valence-electron chi connectivity index (χ3n) is 6.11. The minimum Gasteiger partial charge on any atom is -0.354 e. The Hall–Kier alpha value is -2.55. The molecule has 0 saturated carbocycles. The van der Waals surface area contributed by atoms with Crippen molar-refractivity contribution in [3.63, 3.8) is 0 Å². The van der Waals surface area contributed by atoms with Gasteiger partial charge in [0.1, 0.15) is 23.5 Å². The average Bonchev–Trinajstić information content (AvgIpc) is 2.82. The van der Waals surface area contributed by atoms with Gasteiger partial charge in [0, 0.05) is 37.9 Å². The number of halogens is 2. The highest BCUT2D eigenvalue weighted by Crippen LogP contribution is 2.27. The highest BCUT2D eigenvalue weighted by Gasteiger charge is 2.25. The lowest BCUT2D eigenvalue weighted by Crippen LogP contribution is -2.53. The van der Waals surface area contributed by atoms with Gasteiger partial charge in [-0.25, -0.2) is 19.3 Å². The Morgan fingerprint density at radius 1 is 1.03 bits per heavy atom. The van der Waals surface area contributed by atoms with Gasteiger partial charge in [-0.3, -0.25) is 4.90 Å². The lowest BCUT2D eigenvalue weighted by Gasteiger charge is -2.41. The maximum atomic E-state index is 13.5. The second-order valence-electron chi connectivity index (χ2n) is 8.02. The smallest absolute Gasteiger partial charge is 0.160 e. The molecule has 0 bridgehead atoms. The van der Waals surface area contributed by atoms with Gasteiger partial charge in [-0.2, -0.15) is 0 Å². The fraction of sp³-hybridized carbons (Fsp3) is 0.409. The number of nitrogens with one attached hydrogen (secondary N) is 2. The first-order valence-corrected chi connectivity index (χ1v) is 11.1. The van der Waals surface area contributed by atoms with Gasteiger partial charge in [-0.15, -0.1) is 0 Å². The number of piperazine rings is 1. The summed E-state index contributed by atoms with van der Waals surface area (Å²) in [7, 11) is 0. The standard InChI is InChI=1S/C22H25ClFN7/c23-17-13-15(1-2-18(17)24)28-22-21-19(26-14-27-22)3-4-20(29-21)31-11-9-30(10-12-31)16-5-7-25-8-6-16/h1-4,13-14,16,25H,5-12H2,(H,26,27,28). The quantitative estimate of drug-likeness (QED) is 0.642. The Labute approximate surface area is 185 Å². The second-order valence-corrected chi connectivity index (χ2v) is 8.42. The Morgan fingerprint density at radius 3 is 2.61 bits per heavy atom.